The van der Waals surface area contributed by atoms with Crippen LogP contribution in [-0.4, -0.2) is 25.2 Å². The van der Waals surface area contributed by atoms with Crippen molar-refractivity contribution in [1.29, 1.82) is 0 Å². The van der Waals surface area contributed by atoms with Crippen molar-refractivity contribution in [3.63, 3.8) is 0 Å². The number of piperazine rings is 1. The maximum absolute atomic E-state index is 3.81. The summed E-state index contributed by atoms with van der Waals surface area (Å²) < 4.78 is 0. The van der Waals surface area contributed by atoms with Gasteiger partial charge in [-0.3, -0.25) is 0 Å². The van der Waals surface area contributed by atoms with Crippen molar-refractivity contribution in [3.8, 4) is 0 Å². The molecule has 1 saturated heterocycles. The Balaban J connectivity index is 1.58. The van der Waals surface area contributed by atoms with E-state index in [1.807, 2.05) is 0 Å². The lowest BCUT2D eigenvalue weighted by atomic mass is 10.0. The molecule has 0 bridgehead atoms. The first-order valence-electron chi connectivity index (χ1n) is 5.40. The second-order valence-electron chi connectivity index (χ2n) is 4.71. The maximum atomic E-state index is 3.81. The lowest BCUT2D eigenvalue weighted by molar-refractivity contribution is 0.294. The van der Waals surface area contributed by atoms with Crippen LogP contribution in [0.2, 0.25) is 0 Å². The van der Waals surface area contributed by atoms with Gasteiger partial charge in [0, 0.05) is 25.2 Å². The van der Waals surface area contributed by atoms with Crippen molar-refractivity contribution in [1.82, 2.24) is 10.6 Å². The molecule has 2 nitrogen and oxygen atoms in total. The molecule has 0 radical (unpaired) electrons. The molecular formula is C10H18N2. The molecule has 2 saturated carbocycles. The number of rotatable bonds is 2. The summed E-state index contributed by atoms with van der Waals surface area (Å²) in [6.45, 7) is 2.43. The monoisotopic (exact) mass is 166 g/mol. The van der Waals surface area contributed by atoms with Crippen LogP contribution in [0.5, 0.6) is 0 Å². The zero-order chi connectivity index (χ0) is 7.97. The number of nitrogens with one attached hydrogen (secondary N) is 2. The van der Waals surface area contributed by atoms with Crippen LogP contribution in [0.25, 0.3) is 0 Å². The van der Waals surface area contributed by atoms with Gasteiger partial charge in [-0.25, -0.2) is 0 Å². The van der Waals surface area contributed by atoms with E-state index in [1.165, 1.54) is 38.8 Å². The predicted octanol–water partition coefficient (Wildman–Crippen LogP) is 0.736. The molecule has 68 valence electrons. The van der Waals surface area contributed by atoms with Crippen LogP contribution in [0, 0.1) is 11.8 Å². The third-order valence-electron chi connectivity index (χ3n) is 3.54. The molecule has 2 unspecified atom stereocenters. The minimum Gasteiger partial charge on any atom is -0.314 e. The van der Waals surface area contributed by atoms with Crippen LogP contribution < -0.4 is 10.6 Å². The van der Waals surface area contributed by atoms with Crippen LogP contribution in [-0.2, 0) is 0 Å². The first kappa shape index (κ1) is 7.34. The fourth-order valence-corrected chi connectivity index (χ4v) is 2.39. The van der Waals surface area contributed by atoms with E-state index >= 15 is 0 Å². The van der Waals surface area contributed by atoms with Crippen LogP contribution in [0.15, 0.2) is 0 Å². The quantitative estimate of drug-likeness (QED) is 0.632. The topological polar surface area (TPSA) is 24.1 Å². The molecule has 1 aliphatic heterocycles. The van der Waals surface area contributed by atoms with Gasteiger partial charge >= 0.3 is 0 Å². The molecule has 0 amide bonds. The number of hydrogen-bond acceptors (Lipinski definition) is 2. The minimum absolute atomic E-state index is 0.810. The van der Waals surface area contributed by atoms with E-state index < -0.39 is 0 Å². The van der Waals surface area contributed by atoms with Gasteiger partial charge < -0.3 is 10.6 Å². The number of hydrogen-bond donors (Lipinski definition) is 2. The summed E-state index contributed by atoms with van der Waals surface area (Å²) in [5, 5.41) is 7.38. The average Bonchev–Trinajstić information content (AvgIpc) is 2.98. The highest BCUT2D eigenvalue weighted by Crippen LogP contribution is 2.37. The first-order valence-corrected chi connectivity index (χ1v) is 5.40. The summed E-state index contributed by atoms with van der Waals surface area (Å²) in [6, 6.07) is 1.62. The largest absolute Gasteiger partial charge is 0.314 e. The van der Waals surface area contributed by atoms with Crippen LogP contribution >= 0.6 is 0 Å². The highest BCUT2D eigenvalue weighted by molar-refractivity contribution is 4.98. The molecule has 12 heavy (non-hydrogen) atoms. The molecule has 0 aromatic carbocycles. The van der Waals surface area contributed by atoms with Crippen LogP contribution in [0.1, 0.15) is 25.7 Å². The fourth-order valence-electron chi connectivity index (χ4n) is 2.39. The smallest absolute Gasteiger partial charge is 0.0223 e. The standard InChI is InChI=1S/C10H18N2/c1-2-7(1)9-5-11-6-10(12-9)8-3-4-8/h7-12H,1-6H2. The van der Waals surface area contributed by atoms with Gasteiger partial charge in [0.2, 0.25) is 0 Å². The van der Waals surface area contributed by atoms with Gasteiger partial charge in [0.1, 0.15) is 0 Å². The molecule has 1 heterocycles. The Kier molecular flexibility index (Phi) is 1.66. The summed E-state index contributed by atoms with van der Waals surface area (Å²) in [6.07, 6.45) is 5.88. The van der Waals surface area contributed by atoms with Crippen molar-refractivity contribution in [2.24, 2.45) is 11.8 Å². The van der Waals surface area contributed by atoms with Gasteiger partial charge in [-0.15, -0.1) is 0 Å². The van der Waals surface area contributed by atoms with Crippen LogP contribution in [0.3, 0.4) is 0 Å². The Morgan fingerprint density at radius 1 is 0.750 bits per heavy atom. The first-order chi connectivity index (χ1) is 5.93. The Labute approximate surface area is 74.1 Å². The Bertz CT molecular complexity index is 155. The summed E-state index contributed by atoms with van der Waals surface area (Å²) in [4.78, 5) is 0. The fraction of sp³-hybridized carbons (Fsp3) is 1.00. The normalized spacial score (nSPS) is 43.0. The third-order valence-corrected chi connectivity index (χ3v) is 3.54. The van der Waals surface area contributed by atoms with Crippen molar-refractivity contribution in [2.45, 2.75) is 37.8 Å². The molecule has 0 aromatic heterocycles. The third kappa shape index (κ3) is 1.38. The molecule has 2 atom stereocenters. The highest BCUT2D eigenvalue weighted by atomic mass is 15.1. The summed E-state index contributed by atoms with van der Waals surface area (Å²) in [5.41, 5.74) is 0. The molecule has 0 aromatic rings. The van der Waals surface area contributed by atoms with E-state index in [2.05, 4.69) is 10.6 Å². The van der Waals surface area contributed by atoms with Gasteiger partial charge in [0.05, 0.1) is 0 Å². The molecular weight excluding hydrogens is 148 g/mol. The lowest BCUT2D eigenvalue weighted by Crippen LogP contribution is -2.56. The Morgan fingerprint density at radius 3 is 1.67 bits per heavy atom. The van der Waals surface area contributed by atoms with Gasteiger partial charge in [-0.2, -0.15) is 0 Å². The van der Waals surface area contributed by atoms with Gasteiger partial charge in [0.15, 0.2) is 0 Å². The molecule has 2 heteroatoms. The van der Waals surface area contributed by atoms with E-state index in [-0.39, 0.29) is 0 Å². The van der Waals surface area contributed by atoms with E-state index in [0.717, 1.165) is 23.9 Å². The average molecular weight is 166 g/mol. The molecule has 2 aliphatic carbocycles. The zero-order valence-electron chi connectivity index (χ0n) is 7.55. The summed E-state index contributed by atoms with van der Waals surface area (Å²) in [7, 11) is 0. The summed E-state index contributed by atoms with van der Waals surface area (Å²) in [5.74, 6) is 2.03. The Hall–Kier alpha value is -0.0800. The zero-order valence-corrected chi connectivity index (χ0v) is 7.55. The summed E-state index contributed by atoms with van der Waals surface area (Å²) >= 11 is 0. The van der Waals surface area contributed by atoms with Gasteiger partial charge in [-0.05, 0) is 37.5 Å². The second-order valence-corrected chi connectivity index (χ2v) is 4.71. The van der Waals surface area contributed by atoms with Gasteiger partial charge in [-0.1, -0.05) is 0 Å². The predicted molar refractivity (Wildman–Crippen MR) is 49.0 cm³/mol. The van der Waals surface area contributed by atoms with E-state index in [0.29, 0.717) is 0 Å². The molecule has 3 rings (SSSR count). The molecule has 0 spiro atoms. The van der Waals surface area contributed by atoms with Crippen molar-refractivity contribution < 1.29 is 0 Å². The SMILES string of the molecule is C1CC1C1CNCC(C2CC2)N1. The van der Waals surface area contributed by atoms with Crippen molar-refractivity contribution in [3.05, 3.63) is 0 Å². The van der Waals surface area contributed by atoms with Crippen molar-refractivity contribution in [2.75, 3.05) is 13.1 Å². The maximum Gasteiger partial charge on any atom is 0.0223 e. The van der Waals surface area contributed by atoms with Crippen molar-refractivity contribution >= 4 is 0 Å². The van der Waals surface area contributed by atoms with E-state index in [1.54, 1.807) is 0 Å². The van der Waals surface area contributed by atoms with Crippen LogP contribution in [0.4, 0.5) is 0 Å². The Morgan fingerprint density at radius 2 is 1.25 bits per heavy atom. The highest BCUT2D eigenvalue weighted by Gasteiger charge is 2.39. The second kappa shape index (κ2) is 2.71. The lowest BCUT2D eigenvalue weighted by Gasteiger charge is -2.32. The minimum atomic E-state index is 0.810. The van der Waals surface area contributed by atoms with Gasteiger partial charge in [0.25, 0.3) is 0 Å². The molecule has 3 fully saturated rings. The van der Waals surface area contributed by atoms with E-state index in [9.17, 15) is 0 Å². The molecule has 2 N–H and O–H groups in total. The molecule has 3 aliphatic rings. The van der Waals surface area contributed by atoms with E-state index in [4.69, 9.17) is 0 Å².